The van der Waals surface area contributed by atoms with Gasteiger partial charge < -0.3 is 4.42 Å². The van der Waals surface area contributed by atoms with Gasteiger partial charge in [0.15, 0.2) is 0 Å². The molecule has 3 aromatic rings. The van der Waals surface area contributed by atoms with Crippen molar-refractivity contribution in [2.45, 2.75) is 33.1 Å². The number of aryl methyl sites for hydroxylation is 2. The lowest BCUT2D eigenvalue weighted by atomic mass is 9.96. The van der Waals surface area contributed by atoms with Crippen LogP contribution in [0.3, 0.4) is 0 Å². The van der Waals surface area contributed by atoms with Gasteiger partial charge in [-0.3, -0.25) is 0 Å². The molecule has 0 radical (unpaired) electrons. The molecule has 0 fully saturated rings. The largest absolute Gasteiger partial charge is 0.422 e. The molecule has 0 spiro atoms. The molecule has 1 heterocycles. The summed E-state index contributed by atoms with van der Waals surface area (Å²) in [4.78, 5) is 12.3. The highest BCUT2D eigenvalue weighted by Crippen LogP contribution is 2.27. The summed E-state index contributed by atoms with van der Waals surface area (Å²) in [5.41, 5.74) is 2.75. The van der Waals surface area contributed by atoms with Crippen LogP contribution in [0, 0.1) is 6.92 Å². The fourth-order valence-corrected chi connectivity index (χ4v) is 2.81. The molecule has 0 N–H and O–H groups in total. The number of benzene rings is 2. The Bertz CT molecular complexity index is 828. The lowest BCUT2D eigenvalue weighted by Crippen LogP contribution is -2.04. The second-order valence-electron chi connectivity index (χ2n) is 5.26. The molecule has 2 heteroatoms. The van der Waals surface area contributed by atoms with Crippen LogP contribution < -0.4 is 5.63 Å². The van der Waals surface area contributed by atoms with E-state index in [4.69, 9.17) is 4.42 Å². The van der Waals surface area contributed by atoms with Crippen LogP contribution in [-0.2, 0) is 6.42 Å². The fraction of sp³-hybridized carbons (Fsp3) is 0.278. The molecule has 2 aromatic carbocycles. The molecule has 0 unspecified atom stereocenters. The van der Waals surface area contributed by atoms with E-state index >= 15 is 0 Å². The third-order valence-corrected chi connectivity index (χ3v) is 3.96. The van der Waals surface area contributed by atoms with Gasteiger partial charge in [0.25, 0.3) is 0 Å². The summed E-state index contributed by atoms with van der Waals surface area (Å²) in [6, 6.07) is 11.9. The maximum absolute atomic E-state index is 12.3. The highest BCUT2D eigenvalue weighted by atomic mass is 16.4. The Morgan fingerprint density at radius 2 is 1.85 bits per heavy atom. The summed E-state index contributed by atoms with van der Waals surface area (Å²) in [6.45, 7) is 4.21. The predicted octanol–water partition coefficient (Wildman–Crippen LogP) is 4.60. The minimum absolute atomic E-state index is 0.227. The summed E-state index contributed by atoms with van der Waals surface area (Å²) in [5, 5.41) is 2.74. The lowest BCUT2D eigenvalue weighted by molar-refractivity contribution is 0.569. The van der Waals surface area contributed by atoms with Gasteiger partial charge in [-0.05, 0) is 37.0 Å². The number of fused-ring (bicyclic) bond motifs is 3. The number of para-hydroxylation sites is 1. The highest BCUT2D eigenvalue weighted by Gasteiger charge is 2.11. The smallest absolute Gasteiger partial charge is 0.344 e. The van der Waals surface area contributed by atoms with Gasteiger partial charge in [0.05, 0.1) is 5.39 Å². The average molecular weight is 266 g/mol. The molecule has 0 aliphatic carbocycles. The fourth-order valence-electron chi connectivity index (χ4n) is 2.81. The zero-order valence-corrected chi connectivity index (χ0v) is 11.9. The molecule has 0 bridgehead atoms. The van der Waals surface area contributed by atoms with Crippen LogP contribution in [0.15, 0.2) is 45.6 Å². The Balaban J connectivity index is 2.35. The van der Waals surface area contributed by atoms with Crippen molar-refractivity contribution in [1.82, 2.24) is 0 Å². The summed E-state index contributed by atoms with van der Waals surface area (Å²) in [6.07, 6.45) is 3.32. The molecular weight excluding hydrogens is 248 g/mol. The number of hydrogen-bond acceptors (Lipinski definition) is 2. The Labute approximate surface area is 118 Å². The van der Waals surface area contributed by atoms with Gasteiger partial charge in [-0.2, -0.15) is 0 Å². The van der Waals surface area contributed by atoms with E-state index in [1.54, 1.807) is 0 Å². The third kappa shape index (κ3) is 2.01. The molecular formula is C18H18O2. The van der Waals surface area contributed by atoms with Crippen molar-refractivity contribution >= 4 is 21.7 Å². The lowest BCUT2D eigenvalue weighted by Gasteiger charge is -2.09. The SMILES string of the molecule is CCCCc1ccc2c(c1C)c(=O)oc1ccccc12. The van der Waals surface area contributed by atoms with Crippen molar-refractivity contribution in [2.75, 3.05) is 0 Å². The van der Waals surface area contributed by atoms with Crippen molar-refractivity contribution in [3.05, 3.63) is 57.9 Å². The average Bonchev–Trinajstić information content (AvgIpc) is 2.46. The van der Waals surface area contributed by atoms with E-state index in [-0.39, 0.29) is 5.63 Å². The van der Waals surface area contributed by atoms with Crippen LogP contribution in [0.4, 0.5) is 0 Å². The van der Waals surface area contributed by atoms with E-state index in [1.807, 2.05) is 31.2 Å². The van der Waals surface area contributed by atoms with E-state index in [2.05, 4.69) is 19.1 Å². The van der Waals surface area contributed by atoms with Crippen LogP contribution >= 0.6 is 0 Å². The topological polar surface area (TPSA) is 30.2 Å². The summed E-state index contributed by atoms with van der Waals surface area (Å²) in [5.74, 6) is 0. The minimum Gasteiger partial charge on any atom is -0.422 e. The van der Waals surface area contributed by atoms with Crippen molar-refractivity contribution in [3.8, 4) is 0 Å². The Hall–Kier alpha value is -2.09. The zero-order chi connectivity index (χ0) is 14.1. The van der Waals surface area contributed by atoms with Crippen LogP contribution in [0.1, 0.15) is 30.9 Å². The maximum Gasteiger partial charge on any atom is 0.344 e. The van der Waals surface area contributed by atoms with Gasteiger partial charge in [-0.15, -0.1) is 0 Å². The van der Waals surface area contributed by atoms with E-state index in [1.165, 1.54) is 5.56 Å². The quantitative estimate of drug-likeness (QED) is 0.512. The molecule has 2 nitrogen and oxygen atoms in total. The van der Waals surface area contributed by atoms with Gasteiger partial charge in [0.2, 0.25) is 0 Å². The first-order chi connectivity index (χ1) is 9.72. The first kappa shape index (κ1) is 12.9. The second kappa shape index (κ2) is 5.12. The van der Waals surface area contributed by atoms with E-state index in [0.717, 1.165) is 41.0 Å². The first-order valence-corrected chi connectivity index (χ1v) is 7.16. The molecule has 0 saturated carbocycles. The molecule has 102 valence electrons. The second-order valence-corrected chi connectivity index (χ2v) is 5.26. The Morgan fingerprint density at radius 3 is 2.65 bits per heavy atom. The molecule has 0 saturated heterocycles. The minimum atomic E-state index is -0.227. The molecule has 0 aliphatic heterocycles. The standard InChI is InChI=1S/C18H18O2/c1-3-4-7-13-10-11-15-14-8-5-6-9-16(14)20-18(19)17(15)12(13)2/h5-6,8-11H,3-4,7H2,1-2H3. The van der Waals surface area contributed by atoms with Gasteiger partial charge in [-0.25, -0.2) is 4.79 Å². The normalized spacial score (nSPS) is 11.3. The van der Waals surface area contributed by atoms with Gasteiger partial charge in [-0.1, -0.05) is 43.7 Å². The number of rotatable bonds is 3. The summed E-state index contributed by atoms with van der Waals surface area (Å²) in [7, 11) is 0. The Kier molecular flexibility index (Phi) is 3.31. The van der Waals surface area contributed by atoms with Gasteiger partial charge >= 0.3 is 5.63 Å². The molecule has 0 atom stereocenters. The van der Waals surface area contributed by atoms with Crippen molar-refractivity contribution in [3.63, 3.8) is 0 Å². The summed E-state index contributed by atoms with van der Waals surface area (Å²) >= 11 is 0. The first-order valence-electron chi connectivity index (χ1n) is 7.16. The monoisotopic (exact) mass is 266 g/mol. The van der Waals surface area contributed by atoms with Crippen molar-refractivity contribution < 1.29 is 4.42 Å². The van der Waals surface area contributed by atoms with Crippen LogP contribution in [-0.4, -0.2) is 0 Å². The van der Waals surface area contributed by atoms with Crippen LogP contribution in [0.2, 0.25) is 0 Å². The van der Waals surface area contributed by atoms with Crippen LogP contribution in [0.5, 0.6) is 0 Å². The van der Waals surface area contributed by atoms with Crippen LogP contribution in [0.25, 0.3) is 21.7 Å². The van der Waals surface area contributed by atoms with Gasteiger partial charge in [0, 0.05) is 10.8 Å². The van der Waals surface area contributed by atoms with E-state index in [9.17, 15) is 4.79 Å². The predicted molar refractivity (Wildman–Crippen MR) is 83.3 cm³/mol. The van der Waals surface area contributed by atoms with Gasteiger partial charge in [0.1, 0.15) is 5.58 Å². The Morgan fingerprint density at radius 1 is 1.05 bits per heavy atom. The number of hydrogen-bond donors (Lipinski definition) is 0. The van der Waals surface area contributed by atoms with Crippen molar-refractivity contribution in [2.24, 2.45) is 0 Å². The zero-order valence-electron chi connectivity index (χ0n) is 11.9. The van der Waals surface area contributed by atoms with Crippen molar-refractivity contribution in [1.29, 1.82) is 0 Å². The molecule has 3 rings (SSSR count). The molecule has 0 aliphatic rings. The highest BCUT2D eigenvalue weighted by molar-refractivity contribution is 6.05. The van der Waals surface area contributed by atoms with E-state index in [0.29, 0.717) is 5.58 Å². The number of unbranched alkanes of at least 4 members (excludes halogenated alkanes) is 1. The molecule has 20 heavy (non-hydrogen) atoms. The molecule has 1 aromatic heterocycles. The maximum atomic E-state index is 12.3. The van der Waals surface area contributed by atoms with E-state index < -0.39 is 0 Å². The third-order valence-electron chi connectivity index (χ3n) is 3.96. The molecule has 0 amide bonds. The summed E-state index contributed by atoms with van der Waals surface area (Å²) < 4.78 is 5.46.